The lowest BCUT2D eigenvalue weighted by Gasteiger charge is -2.10. The molecule has 0 amide bonds. The minimum absolute atomic E-state index is 0.128. The monoisotopic (exact) mass is 294 g/mol. The minimum atomic E-state index is -1.28. The van der Waals surface area contributed by atoms with Crippen LogP contribution in [0, 0.1) is 17.5 Å². The van der Waals surface area contributed by atoms with Crippen molar-refractivity contribution in [2.75, 3.05) is 0 Å². The van der Waals surface area contributed by atoms with Gasteiger partial charge in [-0.1, -0.05) is 6.07 Å². The molecular weight excluding hydrogens is 285 g/mol. The molecule has 0 unspecified atom stereocenters. The average molecular weight is 294 g/mol. The number of halogens is 3. The Hall–Kier alpha value is -2.76. The fourth-order valence-corrected chi connectivity index (χ4v) is 1.60. The Labute approximate surface area is 117 Å². The highest BCUT2D eigenvalue weighted by molar-refractivity contribution is 5.86. The summed E-state index contributed by atoms with van der Waals surface area (Å²) in [6.45, 7) is 0. The van der Waals surface area contributed by atoms with Gasteiger partial charge in [-0.2, -0.15) is 0 Å². The van der Waals surface area contributed by atoms with E-state index in [1.807, 2.05) is 0 Å². The number of aliphatic carboxylic acids is 1. The van der Waals surface area contributed by atoms with E-state index in [-0.39, 0.29) is 11.3 Å². The van der Waals surface area contributed by atoms with Crippen LogP contribution in [0.4, 0.5) is 13.2 Å². The first kappa shape index (κ1) is 14.6. The summed E-state index contributed by atoms with van der Waals surface area (Å²) in [5.74, 6) is -4.12. The third kappa shape index (κ3) is 3.62. The van der Waals surface area contributed by atoms with Gasteiger partial charge in [0.05, 0.1) is 5.56 Å². The minimum Gasteiger partial charge on any atom is -0.478 e. The molecule has 0 bridgehead atoms. The summed E-state index contributed by atoms with van der Waals surface area (Å²) in [6.07, 6.45) is 1.69. The number of benzene rings is 2. The molecule has 0 atom stereocenters. The molecule has 0 fully saturated rings. The quantitative estimate of drug-likeness (QED) is 0.867. The molecule has 2 rings (SSSR count). The van der Waals surface area contributed by atoms with E-state index >= 15 is 0 Å². The third-order valence-electron chi connectivity index (χ3n) is 2.52. The van der Waals surface area contributed by atoms with Gasteiger partial charge in [-0.15, -0.1) is 0 Å². The number of carboxylic acids is 1. The highest BCUT2D eigenvalue weighted by Crippen LogP contribution is 2.30. The number of carboxylic acid groups (broad SMARTS) is 1. The number of ether oxygens (including phenoxy) is 1. The third-order valence-corrected chi connectivity index (χ3v) is 2.52. The van der Waals surface area contributed by atoms with Gasteiger partial charge in [0, 0.05) is 12.1 Å². The Morgan fingerprint density at radius 3 is 2.52 bits per heavy atom. The maximum absolute atomic E-state index is 13.7. The molecule has 2 aromatic rings. The van der Waals surface area contributed by atoms with E-state index in [2.05, 4.69) is 0 Å². The molecule has 108 valence electrons. The van der Waals surface area contributed by atoms with Gasteiger partial charge >= 0.3 is 5.97 Å². The lowest BCUT2D eigenvalue weighted by Crippen LogP contribution is -1.95. The first-order valence-electron chi connectivity index (χ1n) is 5.80. The predicted octanol–water partition coefficient (Wildman–Crippen LogP) is 3.99. The summed E-state index contributed by atoms with van der Waals surface area (Å²) in [5, 5.41) is 8.57. The van der Waals surface area contributed by atoms with E-state index in [9.17, 15) is 18.0 Å². The normalized spacial score (nSPS) is 10.8. The van der Waals surface area contributed by atoms with Crippen molar-refractivity contribution in [3.05, 3.63) is 65.5 Å². The van der Waals surface area contributed by atoms with E-state index in [1.165, 1.54) is 12.1 Å². The molecule has 0 saturated carbocycles. The molecule has 0 radical (unpaired) electrons. The molecule has 0 spiro atoms. The van der Waals surface area contributed by atoms with Crippen LogP contribution in [0.5, 0.6) is 11.5 Å². The van der Waals surface area contributed by atoms with E-state index in [4.69, 9.17) is 9.84 Å². The van der Waals surface area contributed by atoms with Crippen LogP contribution in [0.3, 0.4) is 0 Å². The van der Waals surface area contributed by atoms with Gasteiger partial charge in [-0.25, -0.2) is 18.0 Å². The van der Waals surface area contributed by atoms with Gasteiger partial charge in [0.15, 0.2) is 11.6 Å². The Morgan fingerprint density at radius 2 is 1.81 bits per heavy atom. The molecule has 0 aliphatic heterocycles. The lowest BCUT2D eigenvalue weighted by molar-refractivity contribution is -0.131. The fraction of sp³-hybridized carbons (Fsp3) is 0. The van der Waals surface area contributed by atoms with Crippen molar-refractivity contribution in [2.24, 2.45) is 0 Å². The number of carbonyl (C=O) groups is 1. The summed E-state index contributed by atoms with van der Waals surface area (Å²) in [7, 11) is 0. The van der Waals surface area contributed by atoms with E-state index < -0.39 is 29.2 Å². The van der Waals surface area contributed by atoms with Gasteiger partial charge in [-0.05, 0) is 30.3 Å². The smallest absolute Gasteiger partial charge is 0.328 e. The summed E-state index contributed by atoms with van der Waals surface area (Å²) < 4.78 is 45.4. The summed E-state index contributed by atoms with van der Waals surface area (Å²) >= 11 is 0. The van der Waals surface area contributed by atoms with Crippen molar-refractivity contribution in [3.63, 3.8) is 0 Å². The van der Waals surface area contributed by atoms with Crippen LogP contribution in [0.2, 0.25) is 0 Å². The molecule has 0 saturated heterocycles. The van der Waals surface area contributed by atoms with Crippen LogP contribution in [0.1, 0.15) is 5.56 Å². The maximum atomic E-state index is 13.7. The molecular formula is C15H9F3O3. The predicted molar refractivity (Wildman–Crippen MR) is 69.5 cm³/mol. The number of rotatable bonds is 4. The van der Waals surface area contributed by atoms with Crippen LogP contribution >= 0.6 is 0 Å². The molecule has 1 N–H and O–H groups in total. The van der Waals surface area contributed by atoms with Crippen molar-refractivity contribution in [1.82, 2.24) is 0 Å². The second kappa shape index (κ2) is 6.13. The largest absolute Gasteiger partial charge is 0.478 e. The standard InChI is InChI=1S/C15H9F3O3/c16-9-4-6-12(18)14(8-9)21-13-3-1-2-11(17)10(13)5-7-15(19)20/h1-8H,(H,19,20)/b7-5+. The second-order valence-corrected chi connectivity index (χ2v) is 4.00. The van der Waals surface area contributed by atoms with Gasteiger partial charge in [0.1, 0.15) is 17.4 Å². The second-order valence-electron chi connectivity index (χ2n) is 4.00. The molecule has 0 aliphatic rings. The van der Waals surface area contributed by atoms with Crippen molar-refractivity contribution in [2.45, 2.75) is 0 Å². The number of hydrogen-bond acceptors (Lipinski definition) is 2. The Morgan fingerprint density at radius 1 is 1.05 bits per heavy atom. The first-order chi connectivity index (χ1) is 9.97. The van der Waals surface area contributed by atoms with Gasteiger partial charge in [0.25, 0.3) is 0 Å². The maximum Gasteiger partial charge on any atom is 0.328 e. The van der Waals surface area contributed by atoms with Crippen molar-refractivity contribution in [3.8, 4) is 11.5 Å². The topological polar surface area (TPSA) is 46.5 Å². The summed E-state index contributed by atoms with van der Waals surface area (Å²) in [6, 6.07) is 6.31. The van der Waals surface area contributed by atoms with Crippen molar-refractivity contribution >= 4 is 12.0 Å². The Kier molecular flexibility index (Phi) is 4.27. The molecule has 0 aromatic heterocycles. The van der Waals surface area contributed by atoms with Crippen molar-refractivity contribution in [1.29, 1.82) is 0 Å². The first-order valence-corrected chi connectivity index (χ1v) is 5.80. The highest BCUT2D eigenvalue weighted by Gasteiger charge is 2.11. The fourth-order valence-electron chi connectivity index (χ4n) is 1.60. The summed E-state index contributed by atoms with van der Waals surface area (Å²) in [4.78, 5) is 10.5. The van der Waals surface area contributed by atoms with Crippen molar-refractivity contribution < 1.29 is 27.8 Å². The molecule has 0 heterocycles. The molecule has 6 heteroatoms. The highest BCUT2D eigenvalue weighted by atomic mass is 19.1. The van der Waals surface area contributed by atoms with Gasteiger partial charge < -0.3 is 9.84 Å². The lowest BCUT2D eigenvalue weighted by atomic mass is 10.1. The average Bonchev–Trinajstić information content (AvgIpc) is 2.42. The zero-order valence-corrected chi connectivity index (χ0v) is 10.5. The Balaban J connectivity index is 2.42. The van der Waals surface area contributed by atoms with Crippen LogP contribution in [0.25, 0.3) is 6.08 Å². The molecule has 2 aromatic carbocycles. The van der Waals surface area contributed by atoms with Crippen LogP contribution in [-0.4, -0.2) is 11.1 Å². The summed E-state index contributed by atoms with van der Waals surface area (Å²) in [5.41, 5.74) is -0.177. The van der Waals surface area contributed by atoms with E-state index in [0.717, 1.165) is 30.3 Å². The zero-order chi connectivity index (χ0) is 15.4. The van der Waals surface area contributed by atoms with Crippen LogP contribution in [-0.2, 0) is 4.79 Å². The Bertz CT molecular complexity index is 711. The van der Waals surface area contributed by atoms with Crippen LogP contribution in [0.15, 0.2) is 42.5 Å². The van der Waals surface area contributed by atoms with E-state index in [0.29, 0.717) is 6.08 Å². The van der Waals surface area contributed by atoms with Gasteiger partial charge in [-0.3, -0.25) is 0 Å². The molecule has 21 heavy (non-hydrogen) atoms. The van der Waals surface area contributed by atoms with Crippen LogP contribution < -0.4 is 4.74 Å². The van der Waals surface area contributed by atoms with E-state index in [1.54, 1.807) is 0 Å². The number of hydrogen-bond donors (Lipinski definition) is 1. The zero-order valence-electron chi connectivity index (χ0n) is 10.5. The SMILES string of the molecule is O=C(O)/C=C/c1c(F)cccc1Oc1cc(F)ccc1F. The molecule has 3 nitrogen and oxygen atoms in total. The molecule has 0 aliphatic carbocycles. The van der Waals surface area contributed by atoms with Gasteiger partial charge in [0.2, 0.25) is 0 Å².